The fourth-order valence-electron chi connectivity index (χ4n) is 1.37. The minimum absolute atomic E-state index is 0.148. The molecule has 0 aromatic heterocycles. The highest BCUT2D eigenvalue weighted by Gasteiger charge is 2.34. The Bertz CT molecular complexity index is 534. The molecule has 4 N–H and O–H groups in total. The van der Waals surface area contributed by atoms with E-state index in [9.17, 15) is 22.8 Å². The van der Waals surface area contributed by atoms with Crippen LogP contribution in [0.4, 0.5) is 18.9 Å². The SMILES string of the molecule is NC(CC(=O)O)C(=O)Nc1ccc(Cl)cc1C(F)(F)F. The van der Waals surface area contributed by atoms with Gasteiger partial charge in [0.2, 0.25) is 5.91 Å². The second-order valence-corrected chi connectivity index (χ2v) is 4.32. The minimum Gasteiger partial charge on any atom is -0.481 e. The Labute approximate surface area is 116 Å². The number of rotatable bonds is 4. The number of carbonyl (C=O) groups excluding carboxylic acids is 1. The first-order valence-electron chi connectivity index (χ1n) is 5.26. The summed E-state index contributed by atoms with van der Waals surface area (Å²) in [7, 11) is 0. The predicted molar refractivity (Wildman–Crippen MR) is 65.3 cm³/mol. The van der Waals surface area contributed by atoms with Crippen molar-refractivity contribution in [3.8, 4) is 0 Å². The van der Waals surface area contributed by atoms with Crippen molar-refractivity contribution in [2.75, 3.05) is 5.32 Å². The predicted octanol–water partition coefficient (Wildman–Crippen LogP) is 2.10. The second kappa shape index (κ2) is 6.10. The molecule has 5 nitrogen and oxygen atoms in total. The minimum atomic E-state index is -4.72. The maximum atomic E-state index is 12.8. The number of nitrogens with two attached hydrogens (primary N) is 1. The van der Waals surface area contributed by atoms with Gasteiger partial charge in [0.05, 0.1) is 23.7 Å². The molecule has 0 heterocycles. The third kappa shape index (κ3) is 4.39. The van der Waals surface area contributed by atoms with Gasteiger partial charge in [-0.15, -0.1) is 0 Å². The van der Waals surface area contributed by atoms with Gasteiger partial charge in [0, 0.05) is 5.02 Å². The highest BCUT2D eigenvalue weighted by molar-refractivity contribution is 6.30. The van der Waals surface area contributed by atoms with E-state index in [1.54, 1.807) is 0 Å². The molecule has 0 fully saturated rings. The molecule has 1 atom stereocenters. The number of nitrogens with one attached hydrogen (secondary N) is 1. The molecule has 0 spiro atoms. The molecule has 9 heteroatoms. The molecule has 0 radical (unpaired) electrons. The quantitative estimate of drug-likeness (QED) is 0.794. The van der Waals surface area contributed by atoms with E-state index in [-0.39, 0.29) is 5.02 Å². The first-order chi connectivity index (χ1) is 9.11. The number of carboxylic acids is 1. The molecule has 20 heavy (non-hydrogen) atoms. The lowest BCUT2D eigenvalue weighted by Gasteiger charge is -2.16. The van der Waals surface area contributed by atoms with E-state index in [0.717, 1.165) is 12.1 Å². The summed E-state index contributed by atoms with van der Waals surface area (Å²) >= 11 is 5.48. The molecule has 1 aromatic rings. The summed E-state index contributed by atoms with van der Waals surface area (Å²) in [5.74, 6) is -2.36. The highest BCUT2D eigenvalue weighted by atomic mass is 35.5. The van der Waals surface area contributed by atoms with Gasteiger partial charge in [-0.05, 0) is 18.2 Å². The van der Waals surface area contributed by atoms with Crippen LogP contribution in [-0.4, -0.2) is 23.0 Å². The van der Waals surface area contributed by atoms with Gasteiger partial charge in [0.15, 0.2) is 0 Å². The van der Waals surface area contributed by atoms with Gasteiger partial charge in [-0.1, -0.05) is 11.6 Å². The number of aliphatic carboxylic acids is 1. The largest absolute Gasteiger partial charge is 0.481 e. The first kappa shape index (κ1) is 16.3. The number of hydrogen-bond donors (Lipinski definition) is 3. The molecular weight excluding hydrogens is 301 g/mol. The molecule has 1 aromatic carbocycles. The highest BCUT2D eigenvalue weighted by Crippen LogP contribution is 2.36. The maximum Gasteiger partial charge on any atom is 0.418 e. The maximum absolute atomic E-state index is 12.8. The van der Waals surface area contributed by atoms with Crippen molar-refractivity contribution in [1.29, 1.82) is 0 Å². The lowest BCUT2D eigenvalue weighted by molar-refractivity contribution is -0.139. The van der Waals surface area contributed by atoms with E-state index < -0.39 is 41.8 Å². The van der Waals surface area contributed by atoms with Gasteiger partial charge in [-0.25, -0.2) is 0 Å². The van der Waals surface area contributed by atoms with Crippen molar-refractivity contribution in [2.24, 2.45) is 5.73 Å². The van der Waals surface area contributed by atoms with Gasteiger partial charge in [-0.2, -0.15) is 13.2 Å². The summed E-state index contributed by atoms with van der Waals surface area (Å²) in [5.41, 5.74) is 3.58. The average Bonchev–Trinajstić information content (AvgIpc) is 2.29. The number of carbonyl (C=O) groups is 2. The molecular formula is C11H10ClF3N2O3. The normalized spacial score (nSPS) is 12.8. The Balaban J connectivity index is 2.98. The fraction of sp³-hybridized carbons (Fsp3) is 0.273. The van der Waals surface area contributed by atoms with Crippen molar-refractivity contribution in [1.82, 2.24) is 0 Å². The third-order valence-electron chi connectivity index (χ3n) is 2.28. The number of amides is 1. The van der Waals surface area contributed by atoms with E-state index in [2.05, 4.69) is 0 Å². The topological polar surface area (TPSA) is 92.4 Å². The van der Waals surface area contributed by atoms with Crippen LogP contribution < -0.4 is 11.1 Å². The molecule has 1 unspecified atom stereocenters. The molecule has 110 valence electrons. The van der Waals surface area contributed by atoms with E-state index >= 15 is 0 Å². The molecule has 1 amide bonds. The Hall–Kier alpha value is -1.80. The number of anilines is 1. The molecule has 0 aliphatic rings. The molecule has 0 aliphatic heterocycles. The van der Waals surface area contributed by atoms with Crippen molar-refractivity contribution >= 4 is 29.2 Å². The Morgan fingerprint density at radius 1 is 1.40 bits per heavy atom. The van der Waals surface area contributed by atoms with Crippen LogP contribution in [0.5, 0.6) is 0 Å². The van der Waals surface area contributed by atoms with Crippen LogP contribution in [0.1, 0.15) is 12.0 Å². The van der Waals surface area contributed by atoms with E-state index in [0.29, 0.717) is 6.07 Å². The summed E-state index contributed by atoms with van der Waals surface area (Å²) in [6, 6.07) is 1.33. The van der Waals surface area contributed by atoms with Gasteiger partial charge in [0.1, 0.15) is 0 Å². The first-order valence-corrected chi connectivity index (χ1v) is 5.64. The number of carboxylic acid groups (broad SMARTS) is 1. The Morgan fingerprint density at radius 2 is 2.00 bits per heavy atom. The van der Waals surface area contributed by atoms with E-state index in [1.807, 2.05) is 5.32 Å². The molecule has 0 bridgehead atoms. The summed E-state index contributed by atoms with van der Waals surface area (Å²) in [6.07, 6.45) is -5.41. The lowest BCUT2D eigenvalue weighted by atomic mass is 10.1. The zero-order valence-corrected chi connectivity index (χ0v) is 10.6. The van der Waals surface area contributed by atoms with Crippen molar-refractivity contribution in [3.05, 3.63) is 28.8 Å². The van der Waals surface area contributed by atoms with Crippen LogP contribution in [0.25, 0.3) is 0 Å². The monoisotopic (exact) mass is 310 g/mol. The van der Waals surface area contributed by atoms with Gasteiger partial charge >= 0.3 is 12.1 Å². The van der Waals surface area contributed by atoms with Crippen molar-refractivity contribution in [2.45, 2.75) is 18.6 Å². The van der Waals surface area contributed by atoms with Crippen LogP contribution in [0, 0.1) is 0 Å². The fourth-order valence-corrected chi connectivity index (χ4v) is 1.54. The number of halogens is 4. The van der Waals surface area contributed by atoms with Gasteiger partial charge in [-0.3, -0.25) is 9.59 Å². The third-order valence-corrected chi connectivity index (χ3v) is 2.51. The summed E-state index contributed by atoms with van der Waals surface area (Å²) < 4.78 is 38.3. The van der Waals surface area contributed by atoms with Crippen LogP contribution in [0.15, 0.2) is 18.2 Å². The number of benzene rings is 1. The number of alkyl halides is 3. The van der Waals surface area contributed by atoms with Gasteiger partial charge in [0.25, 0.3) is 0 Å². The summed E-state index contributed by atoms with van der Waals surface area (Å²) in [5, 5.41) is 10.3. The van der Waals surface area contributed by atoms with Crippen LogP contribution in [0.2, 0.25) is 5.02 Å². The zero-order chi connectivity index (χ0) is 15.5. The lowest BCUT2D eigenvalue weighted by Crippen LogP contribution is -2.37. The Morgan fingerprint density at radius 3 is 2.50 bits per heavy atom. The standard InChI is InChI=1S/C11H10ClF3N2O3/c12-5-1-2-8(6(3-5)11(13,14)15)17-10(20)7(16)4-9(18)19/h1-3,7H,4,16H2,(H,17,20)(H,18,19). The number of hydrogen-bond acceptors (Lipinski definition) is 3. The van der Waals surface area contributed by atoms with Crippen LogP contribution in [0.3, 0.4) is 0 Å². The van der Waals surface area contributed by atoms with Crippen molar-refractivity contribution in [3.63, 3.8) is 0 Å². The van der Waals surface area contributed by atoms with Crippen LogP contribution in [-0.2, 0) is 15.8 Å². The summed E-state index contributed by atoms with van der Waals surface area (Å²) in [4.78, 5) is 21.9. The average molecular weight is 311 g/mol. The molecule has 0 aliphatic carbocycles. The summed E-state index contributed by atoms with van der Waals surface area (Å²) in [6.45, 7) is 0. The van der Waals surface area contributed by atoms with Crippen LogP contribution >= 0.6 is 11.6 Å². The Kier molecular flexibility index (Phi) is 4.96. The van der Waals surface area contributed by atoms with Gasteiger partial charge < -0.3 is 16.2 Å². The second-order valence-electron chi connectivity index (χ2n) is 3.88. The molecule has 0 saturated heterocycles. The molecule has 0 saturated carbocycles. The van der Waals surface area contributed by atoms with E-state index in [4.69, 9.17) is 22.4 Å². The van der Waals surface area contributed by atoms with E-state index in [1.165, 1.54) is 0 Å². The zero-order valence-electron chi connectivity index (χ0n) is 9.87. The smallest absolute Gasteiger partial charge is 0.418 e. The molecule has 1 rings (SSSR count). The van der Waals surface area contributed by atoms with Crippen molar-refractivity contribution < 1.29 is 27.9 Å².